The van der Waals surface area contributed by atoms with Crippen LogP contribution in [0.3, 0.4) is 0 Å². The molecular formula is C15H19N3O2. The molecule has 2 N–H and O–H groups in total. The molecule has 3 rings (SSSR count). The fourth-order valence-corrected chi connectivity index (χ4v) is 2.92. The van der Waals surface area contributed by atoms with Gasteiger partial charge < -0.3 is 15.5 Å². The van der Waals surface area contributed by atoms with Crippen LogP contribution in [0.4, 0.5) is 11.4 Å². The van der Waals surface area contributed by atoms with E-state index in [1.54, 1.807) is 9.80 Å². The van der Waals surface area contributed by atoms with Crippen molar-refractivity contribution in [2.75, 3.05) is 29.4 Å². The average molecular weight is 273 g/mol. The van der Waals surface area contributed by atoms with Crippen LogP contribution in [0.25, 0.3) is 0 Å². The van der Waals surface area contributed by atoms with Gasteiger partial charge in [0.2, 0.25) is 11.8 Å². The van der Waals surface area contributed by atoms with E-state index >= 15 is 0 Å². The van der Waals surface area contributed by atoms with Crippen LogP contribution in [0.5, 0.6) is 0 Å². The second-order valence-corrected chi connectivity index (χ2v) is 5.48. The summed E-state index contributed by atoms with van der Waals surface area (Å²) in [5, 5.41) is 0. The zero-order valence-electron chi connectivity index (χ0n) is 11.4. The highest BCUT2D eigenvalue weighted by molar-refractivity contribution is 5.97. The van der Waals surface area contributed by atoms with Gasteiger partial charge in [-0.3, -0.25) is 9.59 Å². The average Bonchev–Trinajstić information content (AvgIpc) is 3.05. The SMILES string of the molecule is NCC1CC(=O)N(c2ccc(N3CCCC3=O)cc2)C1. The number of nitrogens with two attached hydrogens (primary N) is 1. The molecule has 2 fully saturated rings. The molecule has 2 aliphatic rings. The van der Waals surface area contributed by atoms with Gasteiger partial charge >= 0.3 is 0 Å². The minimum Gasteiger partial charge on any atom is -0.330 e. The third-order valence-electron chi connectivity index (χ3n) is 4.08. The number of carbonyl (C=O) groups is 2. The Balaban J connectivity index is 1.76. The molecule has 2 saturated heterocycles. The molecule has 20 heavy (non-hydrogen) atoms. The smallest absolute Gasteiger partial charge is 0.227 e. The van der Waals surface area contributed by atoms with Crippen LogP contribution in [0.15, 0.2) is 24.3 Å². The van der Waals surface area contributed by atoms with Crippen molar-refractivity contribution in [3.8, 4) is 0 Å². The number of benzene rings is 1. The third kappa shape index (κ3) is 2.29. The van der Waals surface area contributed by atoms with Crippen molar-refractivity contribution < 1.29 is 9.59 Å². The van der Waals surface area contributed by atoms with Crippen molar-refractivity contribution in [1.29, 1.82) is 0 Å². The van der Waals surface area contributed by atoms with E-state index in [9.17, 15) is 9.59 Å². The summed E-state index contributed by atoms with van der Waals surface area (Å²) in [7, 11) is 0. The van der Waals surface area contributed by atoms with E-state index in [1.807, 2.05) is 24.3 Å². The molecule has 5 nitrogen and oxygen atoms in total. The van der Waals surface area contributed by atoms with Crippen LogP contribution >= 0.6 is 0 Å². The van der Waals surface area contributed by atoms with Gasteiger partial charge in [-0.15, -0.1) is 0 Å². The second-order valence-electron chi connectivity index (χ2n) is 5.48. The van der Waals surface area contributed by atoms with Gasteiger partial charge in [0.15, 0.2) is 0 Å². The lowest BCUT2D eigenvalue weighted by Gasteiger charge is -2.19. The van der Waals surface area contributed by atoms with Crippen molar-refractivity contribution in [3.63, 3.8) is 0 Å². The lowest BCUT2D eigenvalue weighted by molar-refractivity contribution is -0.118. The topological polar surface area (TPSA) is 66.6 Å². The number of anilines is 2. The zero-order valence-corrected chi connectivity index (χ0v) is 11.4. The van der Waals surface area contributed by atoms with Crippen LogP contribution in [-0.2, 0) is 9.59 Å². The van der Waals surface area contributed by atoms with Crippen molar-refractivity contribution in [3.05, 3.63) is 24.3 Å². The normalized spacial score (nSPS) is 22.9. The van der Waals surface area contributed by atoms with E-state index in [-0.39, 0.29) is 17.7 Å². The lowest BCUT2D eigenvalue weighted by Crippen LogP contribution is -2.26. The molecule has 1 atom stereocenters. The van der Waals surface area contributed by atoms with Crippen molar-refractivity contribution in [1.82, 2.24) is 0 Å². The molecule has 1 aromatic carbocycles. The molecule has 0 saturated carbocycles. The van der Waals surface area contributed by atoms with E-state index in [2.05, 4.69) is 0 Å². The van der Waals surface area contributed by atoms with Gasteiger partial charge in [-0.1, -0.05) is 0 Å². The zero-order chi connectivity index (χ0) is 14.1. The van der Waals surface area contributed by atoms with E-state index in [4.69, 9.17) is 5.73 Å². The highest BCUT2D eigenvalue weighted by atomic mass is 16.2. The quantitative estimate of drug-likeness (QED) is 0.897. The molecule has 0 bridgehead atoms. The number of hydrogen-bond acceptors (Lipinski definition) is 3. The molecule has 5 heteroatoms. The van der Waals surface area contributed by atoms with Gasteiger partial charge in [-0.05, 0) is 43.1 Å². The summed E-state index contributed by atoms with van der Waals surface area (Å²) in [6.45, 7) is 2.02. The highest BCUT2D eigenvalue weighted by Gasteiger charge is 2.29. The Morgan fingerprint density at radius 1 is 1.05 bits per heavy atom. The van der Waals surface area contributed by atoms with Crippen LogP contribution in [0, 0.1) is 5.92 Å². The van der Waals surface area contributed by atoms with E-state index in [0.29, 0.717) is 25.9 Å². The maximum Gasteiger partial charge on any atom is 0.227 e. The Hall–Kier alpha value is -1.88. The van der Waals surface area contributed by atoms with E-state index in [1.165, 1.54) is 0 Å². The molecular weight excluding hydrogens is 254 g/mol. The van der Waals surface area contributed by atoms with Crippen molar-refractivity contribution in [2.45, 2.75) is 19.3 Å². The monoisotopic (exact) mass is 273 g/mol. The molecule has 106 valence electrons. The standard InChI is InChI=1S/C15H19N3O2/c16-9-11-8-15(20)18(10-11)13-5-3-12(4-6-13)17-7-1-2-14(17)19/h3-6,11H,1-2,7-10,16H2. The van der Waals surface area contributed by atoms with E-state index < -0.39 is 0 Å². The van der Waals surface area contributed by atoms with Crippen molar-refractivity contribution in [2.24, 2.45) is 11.7 Å². The predicted octanol–water partition coefficient (Wildman–Crippen LogP) is 1.12. The van der Waals surface area contributed by atoms with Gasteiger partial charge in [0, 0.05) is 37.3 Å². The van der Waals surface area contributed by atoms with Crippen LogP contribution < -0.4 is 15.5 Å². The first kappa shape index (κ1) is 13.1. The minimum atomic E-state index is 0.130. The third-order valence-corrected chi connectivity index (χ3v) is 4.08. The molecule has 2 amide bonds. The molecule has 2 heterocycles. The summed E-state index contributed by atoms with van der Waals surface area (Å²) < 4.78 is 0. The molecule has 1 aromatic rings. The Labute approximate surface area is 118 Å². The Bertz CT molecular complexity index is 526. The summed E-state index contributed by atoms with van der Waals surface area (Å²) in [4.78, 5) is 27.2. The van der Waals surface area contributed by atoms with Crippen LogP contribution in [0.1, 0.15) is 19.3 Å². The summed E-state index contributed by atoms with van der Waals surface area (Å²) >= 11 is 0. The molecule has 0 radical (unpaired) electrons. The first-order valence-electron chi connectivity index (χ1n) is 7.10. The number of hydrogen-bond donors (Lipinski definition) is 1. The van der Waals surface area contributed by atoms with Gasteiger partial charge in [0.05, 0.1) is 0 Å². The number of rotatable bonds is 3. The minimum absolute atomic E-state index is 0.130. The first-order valence-corrected chi connectivity index (χ1v) is 7.10. The van der Waals surface area contributed by atoms with Gasteiger partial charge in [0.1, 0.15) is 0 Å². The van der Waals surface area contributed by atoms with Gasteiger partial charge in [-0.2, -0.15) is 0 Å². The Morgan fingerprint density at radius 2 is 1.70 bits per heavy atom. The maximum absolute atomic E-state index is 11.9. The largest absolute Gasteiger partial charge is 0.330 e. The predicted molar refractivity (Wildman–Crippen MR) is 77.5 cm³/mol. The van der Waals surface area contributed by atoms with Crippen LogP contribution in [0.2, 0.25) is 0 Å². The Kier molecular flexibility index (Phi) is 3.44. The lowest BCUT2D eigenvalue weighted by atomic mass is 10.1. The number of carbonyl (C=O) groups excluding carboxylic acids is 2. The summed E-state index contributed by atoms with van der Waals surface area (Å²) in [6, 6.07) is 7.67. The summed E-state index contributed by atoms with van der Waals surface area (Å²) in [5.41, 5.74) is 7.44. The fourth-order valence-electron chi connectivity index (χ4n) is 2.92. The van der Waals surface area contributed by atoms with Gasteiger partial charge in [0.25, 0.3) is 0 Å². The molecule has 2 aliphatic heterocycles. The fraction of sp³-hybridized carbons (Fsp3) is 0.467. The van der Waals surface area contributed by atoms with Crippen molar-refractivity contribution >= 4 is 23.2 Å². The summed E-state index contributed by atoms with van der Waals surface area (Å²) in [6.07, 6.45) is 2.08. The molecule has 0 spiro atoms. The van der Waals surface area contributed by atoms with E-state index in [0.717, 1.165) is 24.3 Å². The highest BCUT2D eigenvalue weighted by Crippen LogP contribution is 2.28. The number of nitrogens with zero attached hydrogens (tertiary/aromatic N) is 2. The van der Waals surface area contributed by atoms with Gasteiger partial charge in [-0.25, -0.2) is 0 Å². The van der Waals surface area contributed by atoms with Crippen LogP contribution in [-0.4, -0.2) is 31.4 Å². The molecule has 1 unspecified atom stereocenters. The second kappa shape index (κ2) is 5.25. The first-order chi connectivity index (χ1) is 9.69. The maximum atomic E-state index is 11.9. The Morgan fingerprint density at radius 3 is 2.20 bits per heavy atom. The molecule has 0 aliphatic carbocycles. The summed E-state index contributed by atoms with van der Waals surface area (Å²) in [5.74, 6) is 0.561. The number of amides is 2. The molecule has 0 aromatic heterocycles.